The molecule has 82 valence electrons. The molecule has 4 N–H and O–H groups in total. The lowest BCUT2D eigenvalue weighted by molar-refractivity contribution is -0.120. The minimum Gasteiger partial charge on any atom is -0.508 e. The smallest absolute Gasteiger partial charge is 0.224 e. The van der Waals surface area contributed by atoms with Gasteiger partial charge in [0.05, 0.1) is 6.42 Å². The average Bonchev–Trinajstić information content (AvgIpc) is 2.17. The molecule has 1 atom stereocenters. The van der Waals surface area contributed by atoms with Crippen molar-refractivity contribution in [3.8, 4) is 5.75 Å². The van der Waals surface area contributed by atoms with Gasteiger partial charge in [-0.05, 0) is 24.6 Å². The van der Waals surface area contributed by atoms with Gasteiger partial charge in [-0.2, -0.15) is 0 Å². The topological polar surface area (TPSA) is 75.3 Å². The van der Waals surface area contributed by atoms with Crippen molar-refractivity contribution in [1.29, 1.82) is 0 Å². The molecule has 1 unspecified atom stereocenters. The van der Waals surface area contributed by atoms with E-state index in [1.54, 1.807) is 24.3 Å². The number of benzene rings is 1. The summed E-state index contributed by atoms with van der Waals surface area (Å²) < 4.78 is 0. The van der Waals surface area contributed by atoms with E-state index < -0.39 is 0 Å². The molecule has 0 bridgehead atoms. The minimum absolute atomic E-state index is 0.0187. The second-order valence-corrected chi connectivity index (χ2v) is 3.55. The zero-order valence-corrected chi connectivity index (χ0v) is 8.73. The number of amides is 1. The van der Waals surface area contributed by atoms with Crippen molar-refractivity contribution < 1.29 is 9.90 Å². The van der Waals surface area contributed by atoms with Crippen LogP contribution in [0, 0.1) is 0 Å². The molecule has 1 rings (SSSR count). The maximum absolute atomic E-state index is 11.4. The lowest BCUT2D eigenvalue weighted by Crippen LogP contribution is -2.38. The molecular formula is C11H16N2O2. The number of phenols is 1. The Balaban J connectivity index is 2.51. The Kier molecular flexibility index (Phi) is 4.12. The van der Waals surface area contributed by atoms with E-state index in [0.717, 1.165) is 5.56 Å². The highest BCUT2D eigenvalue weighted by molar-refractivity contribution is 5.78. The van der Waals surface area contributed by atoms with E-state index in [1.807, 2.05) is 6.92 Å². The van der Waals surface area contributed by atoms with Gasteiger partial charge in [-0.25, -0.2) is 0 Å². The van der Waals surface area contributed by atoms with Gasteiger partial charge in [0, 0.05) is 12.6 Å². The Labute approximate surface area is 89.1 Å². The third-order valence-corrected chi connectivity index (χ3v) is 2.04. The van der Waals surface area contributed by atoms with E-state index in [2.05, 4.69) is 5.32 Å². The van der Waals surface area contributed by atoms with Crippen molar-refractivity contribution in [3.63, 3.8) is 0 Å². The number of hydrogen-bond acceptors (Lipinski definition) is 3. The molecule has 0 aliphatic carbocycles. The van der Waals surface area contributed by atoms with E-state index >= 15 is 0 Å². The second kappa shape index (κ2) is 5.36. The molecule has 0 saturated heterocycles. The Morgan fingerprint density at radius 2 is 2.33 bits per heavy atom. The summed E-state index contributed by atoms with van der Waals surface area (Å²) in [7, 11) is 0. The van der Waals surface area contributed by atoms with E-state index in [-0.39, 0.29) is 24.1 Å². The minimum atomic E-state index is -0.0847. The molecule has 4 nitrogen and oxygen atoms in total. The van der Waals surface area contributed by atoms with Crippen LogP contribution in [-0.4, -0.2) is 23.6 Å². The van der Waals surface area contributed by atoms with Crippen molar-refractivity contribution in [2.45, 2.75) is 19.4 Å². The molecular weight excluding hydrogens is 192 g/mol. The van der Waals surface area contributed by atoms with Gasteiger partial charge in [0.1, 0.15) is 5.75 Å². The molecule has 1 aromatic rings. The lowest BCUT2D eigenvalue weighted by atomic mass is 10.1. The average molecular weight is 208 g/mol. The van der Waals surface area contributed by atoms with E-state index in [9.17, 15) is 9.90 Å². The van der Waals surface area contributed by atoms with Gasteiger partial charge in [-0.3, -0.25) is 4.79 Å². The number of phenolic OH excluding ortho intramolecular Hbond substituents is 1. The molecule has 0 heterocycles. The number of nitrogens with two attached hydrogens (primary N) is 1. The van der Waals surface area contributed by atoms with Crippen molar-refractivity contribution >= 4 is 5.91 Å². The fraction of sp³-hybridized carbons (Fsp3) is 0.364. The summed E-state index contributed by atoms with van der Waals surface area (Å²) in [6.45, 7) is 2.27. The molecule has 1 aromatic carbocycles. The van der Waals surface area contributed by atoms with Gasteiger partial charge in [-0.15, -0.1) is 0 Å². The highest BCUT2D eigenvalue weighted by Crippen LogP contribution is 2.11. The van der Waals surface area contributed by atoms with Crippen LogP contribution in [0.4, 0.5) is 0 Å². The van der Waals surface area contributed by atoms with E-state index in [4.69, 9.17) is 5.73 Å². The number of nitrogens with one attached hydrogen (secondary N) is 1. The molecule has 0 spiro atoms. The number of hydrogen-bond donors (Lipinski definition) is 3. The van der Waals surface area contributed by atoms with Gasteiger partial charge in [0.15, 0.2) is 0 Å². The predicted octanol–water partition coefficient (Wildman–Crippen LogP) is 0.398. The number of aromatic hydroxyl groups is 1. The molecule has 4 heteroatoms. The maximum atomic E-state index is 11.4. The largest absolute Gasteiger partial charge is 0.508 e. The van der Waals surface area contributed by atoms with Crippen molar-refractivity contribution in [2.75, 3.05) is 6.54 Å². The van der Waals surface area contributed by atoms with Crippen LogP contribution in [0.1, 0.15) is 12.5 Å². The first-order valence-corrected chi connectivity index (χ1v) is 4.89. The molecule has 0 radical (unpaired) electrons. The summed E-state index contributed by atoms with van der Waals surface area (Å²) >= 11 is 0. The summed E-state index contributed by atoms with van der Waals surface area (Å²) in [5.74, 6) is 0.0886. The highest BCUT2D eigenvalue weighted by Gasteiger charge is 2.06. The van der Waals surface area contributed by atoms with Crippen LogP contribution in [-0.2, 0) is 11.2 Å². The first-order valence-electron chi connectivity index (χ1n) is 4.89. The molecule has 15 heavy (non-hydrogen) atoms. The Hall–Kier alpha value is -1.55. The first kappa shape index (κ1) is 11.5. The van der Waals surface area contributed by atoms with E-state index in [1.165, 1.54) is 0 Å². The standard InChI is InChI=1S/C11H16N2O2/c1-8(7-12)13-11(15)6-9-3-2-4-10(14)5-9/h2-5,8,14H,6-7,12H2,1H3,(H,13,15). The van der Waals surface area contributed by atoms with Crippen molar-refractivity contribution in [3.05, 3.63) is 29.8 Å². The summed E-state index contributed by atoms with van der Waals surface area (Å²) in [6.07, 6.45) is 0.263. The highest BCUT2D eigenvalue weighted by atomic mass is 16.3. The molecule has 0 aromatic heterocycles. The molecule has 0 aliphatic rings. The number of rotatable bonds is 4. The molecule has 0 saturated carbocycles. The lowest BCUT2D eigenvalue weighted by Gasteiger charge is -2.11. The predicted molar refractivity (Wildman–Crippen MR) is 58.5 cm³/mol. The Morgan fingerprint density at radius 3 is 2.93 bits per heavy atom. The van der Waals surface area contributed by atoms with Gasteiger partial charge in [0.2, 0.25) is 5.91 Å². The summed E-state index contributed by atoms with van der Waals surface area (Å²) in [5.41, 5.74) is 6.17. The molecule has 0 fully saturated rings. The Bertz CT molecular complexity index is 339. The van der Waals surface area contributed by atoms with E-state index in [0.29, 0.717) is 6.54 Å². The fourth-order valence-corrected chi connectivity index (χ4v) is 1.24. The van der Waals surface area contributed by atoms with Gasteiger partial charge < -0.3 is 16.2 Å². The van der Waals surface area contributed by atoms with Gasteiger partial charge in [-0.1, -0.05) is 12.1 Å². The molecule has 1 amide bonds. The third kappa shape index (κ3) is 3.99. The van der Waals surface area contributed by atoms with Crippen LogP contribution in [0.5, 0.6) is 5.75 Å². The van der Waals surface area contributed by atoms with Crippen LogP contribution < -0.4 is 11.1 Å². The maximum Gasteiger partial charge on any atom is 0.224 e. The normalized spacial score (nSPS) is 12.1. The summed E-state index contributed by atoms with van der Waals surface area (Å²) in [6, 6.07) is 6.64. The number of carbonyl (C=O) groups is 1. The van der Waals surface area contributed by atoms with Crippen molar-refractivity contribution in [1.82, 2.24) is 5.32 Å². The van der Waals surface area contributed by atoms with Gasteiger partial charge in [0.25, 0.3) is 0 Å². The SMILES string of the molecule is CC(CN)NC(=O)Cc1cccc(O)c1. The van der Waals surface area contributed by atoms with Crippen molar-refractivity contribution in [2.24, 2.45) is 5.73 Å². The molecule has 0 aliphatic heterocycles. The van der Waals surface area contributed by atoms with Gasteiger partial charge >= 0.3 is 0 Å². The van der Waals surface area contributed by atoms with Crippen LogP contribution in [0.2, 0.25) is 0 Å². The monoisotopic (exact) mass is 208 g/mol. The van der Waals surface area contributed by atoms with Crippen LogP contribution in [0.25, 0.3) is 0 Å². The summed E-state index contributed by atoms with van der Waals surface area (Å²) in [5, 5.41) is 12.0. The van der Waals surface area contributed by atoms with Crippen LogP contribution in [0.3, 0.4) is 0 Å². The fourth-order valence-electron chi connectivity index (χ4n) is 1.24. The quantitative estimate of drug-likeness (QED) is 0.670. The Morgan fingerprint density at radius 1 is 1.60 bits per heavy atom. The summed E-state index contributed by atoms with van der Waals surface area (Å²) in [4.78, 5) is 11.4. The first-order chi connectivity index (χ1) is 7.11. The van der Waals surface area contributed by atoms with Crippen LogP contribution in [0.15, 0.2) is 24.3 Å². The number of carbonyl (C=O) groups excluding carboxylic acids is 1. The second-order valence-electron chi connectivity index (χ2n) is 3.55. The van der Waals surface area contributed by atoms with Crippen LogP contribution >= 0.6 is 0 Å². The zero-order valence-electron chi connectivity index (χ0n) is 8.73. The third-order valence-electron chi connectivity index (χ3n) is 2.04. The zero-order chi connectivity index (χ0) is 11.3.